The van der Waals surface area contributed by atoms with Crippen molar-refractivity contribution in [3.8, 4) is 0 Å². The second-order valence-electron chi connectivity index (χ2n) is 6.39. The van der Waals surface area contributed by atoms with Crippen molar-refractivity contribution in [3.63, 3.8) is 0 Å². The van der Waals surface area contributed by atoms with Crippen LogP contribution in [0, 0.1) is 0 Å². The van der Waals surface area contributed by atoms with Crippen LogP contribution in [0.3, 0.4) is 0 Å². The molecule has 0 bridgehead atoms. The van der Waals surface area contributed by atoms with E-state index in [1.54, 1.807) is 18.2 Å². The van der Waals surface area contributed by atoms with Crippen molar-refractivity contribution >= 4 is 92.1 Å². The summed E-state index contributed by atoms with van der Waals surface area (Å²) in [6.45, 7) is 0. The fourth-order valence-corrected chi connectivity index (χ4v) is 4.75. The molecule has 2 aromatic carbocycles. The van der Waals surface area contributed by atoms with Gasteiger partial charge in [0.1, 0.15) is 11.3 Å². The Bertz CT molecular complexity index is 1290. The Hall–Kier alpha value is -2.23. The number of imide groups is 2. The molecule has 1 aliphatic heterocycles. The maximum Gasteiger partial charge on any atom is 0.335 e. The summed E-state index contributed by atoms with van der Waals surface area (Å²) >= 11 is 22.7. The van der Waals surface area contributed by atoms with Gasteiger partial charge in [-0.2, -0.15) is 0 Å². The molecule has 0 saturated carbocycles. The van der Waals surface area contributed by atoms with Crippen LogP contribution in [-0.2, 0) is 9.59 Å². The van der Waals surface area contributed by atoms with Crippen LogP contribution in [0.4, 0.5) is 10.5 Å². The van der Waals surface area contributed by atoms with Gasteiger partial charge in [-0.3, -0.25) is 14.9 Å². The summed E-state index contributed by atoms with van der Waals surface area (Å²) in [4.78, 5) is 39.4. The lowest BCUT2D eigenvalue weighted by molar-refractivity contribution is -0.122. The highest BCUT2D eigenvalue weighted by Crippen LogP contribution is 2.37. The van der Waals surface area contributed by atoms with Crippen molar-refractivity contribution < 1.29 is 18.8 Å². The molecule has 0 spiro atoms. The van der Waals surface area contributed by atoms with Gasteiger partial charge >= 0.3 is 6.03 Å². The maximum atomic E-state index is 13.0. The van der Waals surface area contributed by atoms with Crippen molar-refractivity contribution in [1.29, 1.82) is 0 Å². The Kier molecular flexibility index (Phi) is 6.69. The number of carbonyl (C=O) groups is 3. The third-order valence-corrected chi connectivity index (χ3v) is 6.88. The zero-order chi connectivity index (χ0) is 23.0. The van der Waals surface area contributed by atoms with E-state index in [1.165, 1.54) is 36.0 Å². The highest BCUT2D eigenvalue weighted by molar-refractivity contribution is 9.10. The van der Waals surface area contributed by atoms with Crippen LogP contribution in [0.1, 0.15) is 5.76 Å². The number of urea groups is 1. The molecule has 1 aliphatic rings. The van der Waals surface area contributed by atoms with E-state index < -0.39 is 17.8 Å². The minimum atomic E-state index is -0.916. The lowest BCUT2D eigenvalue weighted by Crippen LogP contribution is -2.54. The summed E-state index contributed by atoms with van der Waals surface area (Å²) < 4.78 is 6.41. The lowest BCUT2D eigenvalue weighted by atomic mass is 10.1. The fourth-order valence-electron chi connectivity index (χ4n) is 2.80. The van der Waals surface area contributed by atoms with Crippen molar-refractivity contribution in [3.05, 3.63) is 79.4 Å². The largest absolute Gasteiger partial charge is 0.449 e. The Morgan fingerprint density at radius 1 is 0.969 bits per heavy atom. The van der Waals surface area contributed by atoms with E-state index in [0.29, 0.717) is 19.6 Å². The minimum absolute atomic E-state index is 0.0806. The first-order valence-corrected chi connectivity index (χ1v) is 11.6. The van der Waals surface area contributed by atoms with E-state index in [0.717, 1.165) is 9.80 Å². The van der Waals surface area contributed by atoms with Gasteiger partial charge in [0.2, 0.25) is 0 Å². The first-order valence-electron chi connectivity index (χ1n) is 8.82. The van der Waals surface area contributed by atoms with E-state index in [4.69, 9.17) is 39.2 Å². The first kappa shape index (κ1) is 22.9. The average Bonchev–Trinajstić information content (AvgIpc) is 3.07. The number of barbiturate groups is 1. The summed E-state index contributed by atoms with van der Waals surface area (Å²) in [5, 5.41) is 3.67. The molecule has 2 heterocycles. The number of amides is 4. The molecule has 4 rings (SSSR count). The van der Waals surface area contributed by atoms with Gasteiger partial charge in [-0.15, -0.1) is 0 Å². The molecule has 1 fully saturated rings. The number of anilines is 1. The molecule has 162 valence electrons. The molecule has 4 amide bonds. The molecule has 6 nitrogen and oxygen atoms in total. The Morgan fingerprint density at radius 2 is 1.66 bits per heavy atom. The molecular weight excluding hydrogens is 563 g/mol. The molecule has 0 aliphatic carbocycles. The monoisotopic (exact) mass is 570 g/mol. The number of halogens is 4. The highest BCUT2D eigenvalue weighted by atomic mass is 79.9. The van der Waals surface area contributed by atoms with E-state index in [-0.39, 0.29) is 22.0 Å². The van der Waals surface area contributed by atoms with E-state index in [9.17, 15) is 14.4 Å². The molecular formula is C21H10BrCl3N2O4S. The van der Waals surface area contributed by atoms with Gasteiger partial charge in [-0.25, -0.2) is 9.69 Å². The SMILES string of the molecule is O=C1NC(=O)N(c2ccc(Cl)cc2Cl)C(=O)/C1=C/c1cc(Br)c(Sc2ccc(Cl)cc2)o1. The number of carbonyl (C=O) groups excluding carboxylic acids is 3. The third-order valence-electron chi connectivity index (χ3n) is 4.24. The van der Waals surface area contributed by atoms with Crippen LogP contribution in [0.5, 0.6) is 0 Å². The zero-order valence-corrected chi connectivity index (χ0v) is 20.4. The fraction of sp³-hybridized carbons (Fsp3) is 0. The number of hydrogen-bond acceptors (Lipinski definition) is 5. The van der Waals surface area contributed by atoms with Crippen LogP contribution in [0.2, 0.25) is 15.1 Å². The number of nitrogens with one attached hydrogen (secondary N) is 1. The van der Waals surface area contributed by atoms with Gasteiger partial charge in [-0.05, 0) is 70.5 Å². The Morgan fingerprint density at radius 3 is 2.34 bits per heavy atom. The van der Waals surface area contributed by atoms with E-state index in [2.05, 4.69) is 21.2 Å². The van der Waals surface area contributed by atoms with Gasteiger partial charge in [-0.1, -0.05) is 46.6 Å². The second kappa shape index (κ2) is 9.33. The van der Waals surface area contributed by atoms with Gasteiger partial charge in [0, 0.05) is 14.9 Å². The Labute approximate surface area is 209 Å². The number of rotatable bonds is 4. The summed E-state index contributed by atoms with van der Waals surface area (Å²) in [6.07, 6.45) is 1.26. The number of nitrogens with zero attached hydrogens (tertiary/aromatic N) is 1. The summed E-state index contributed by atoms with van der Waals surface area (Å²) in [5.41, 5.74) is -0.198. The first-order chi connectivity index (χ1) is 15.2. The number of hydrogen-bond donors (Lipinski definition) is 1. The van der Waals surface area contributed by atoms with Crippen molar-refractivity contribution in [2.45, 2.75) is 9.99 Å². The van der Waals surface area contributed by atoms with Crippen LogP contribution in [0.15, 0.2) is 73.0 Å². The topological polar surface area (TPSA) is 79.6 Å². The summed E-state index contributed by atoms with van der Waals surface area (Å²) in [5.74, 6) is -1.45. The van der Waals surface area contributed by atoms with E-state index >= 15 is 0 Å². The van der Waals surface area contributed by atoms with Gasteiger partial charge in [0.15, 0.2) is 5.09 Å². The van der Waals surface area contributed by atoms with Crippen molar-refractivity contribution in [2.75, 3.05) is 4.90 Å². The van der Waals surface area contributed by atoms with Crippen LogP contribution >= 0.6 is 62.5 Å². The smallest absolute Gasteiger partial charge is 0.335 e. The normalized spacial score (nSPS) is 15.4. The van der Waals surface area contributed by atoms with Crippen LogP contribution in [0.25, 0.3) is 6.08 Å². The van der Waals surface area contributed by atoms with Crippen LogP contribution in [-0.4, -0.2) is 17.8 Å². The Balaban J connectivity index is 1.65. The van der Waals surface area contributed by atoms with E-state index in [1.807, 2.05) is 12.1 Å². The molecule has 1 saturated heterocycles. The zero-order valence-electron chi connectivity index (χ0n) is 15.7. The highest BCUT2D eigenvalue weighted by Gasteiger charge is 2.38. The minimum Gasteiger partial charge on any atom is -0.449 e. The van der Waals surface area contributed by atoms with Gasteiger partial charge < -0.3 is 4.42 Å². The van der Waals surface area contributed by atoms with Crippen molar-refractivity contribution in [2.24, 2.45) is 0 Å². The maximum absolute atomic E-state index is 13.0. The second-order valence-corrected chi connectivity index (χ2v) is 9.57. The molecule has 1 N–H and O–H groups in total. The lowest BCUT2D eigenvalue weighted by Gasteiger charge is -2.26. The predicted octanol–water partition coefficient (Wildman–Crippen LogP) is 6.82. The van der Waals surface area contributed by atoms with Gasteiger partial charge in [0.25, 0.3) is 11.8 Å². The third kappa shape index (κ3) is 4.74. The number of furan rings is 1. The van der Waals surface area contributed by atoms with Crippen molar-refractivity contribution in [1.82, 2.24) is 5.32 Å². The summed E-state index contributed by atoms with van der Waals surface area (Å²) in [6, 6.07) is 12.2. The predicted molar refractivity (Wildman–Crippen MR) is 127 cm³/mol. The molecule has 0 atom stereocenters. The average molecular weight is 573 g/mol. The van der Waals surface area contributed by atoms with Crippen LogP contribution < -0.4 is 10.2 Å². The molecule has 3 aromatic rings. The molecule has 1 aromatic heterocycles. The quantitative estimate of drug-likeness (QED) is 0.274. The standard InChI is InChI=1S/C21H10BrCl3N2O4S/c22-15-9-12(31-20(15)32-13-4-1-10(23)2-5-13)8-14-18(28)26-21(30)27(19(14)29)17-6-3-11(24)7-16(17)25/h1-9H,(H,26,28,30)/b14-8+. The molecule has 0 radical (unpaired) electrons. The summed E-state index contributed by atoms with van der Waals surface area (Å²) in [7, 11) is 0. The molecule has 32 heavy (non-hydrogen) atoms. The molecule has 11 heteroatoms. The molecule has 0 unspecified atom stereocenters. The number of benzene rings is 2. The van der Waals surface area contributed by atoms with Gasteiger partial charge in [0.05, 0.1) is 15.2 Å².